The van der Waals surface area contributed by atoms with Crippen molar-refractivity contribution in [3.8, 4) is 0 Å². The van der Waals surface area contributed by atoms with Gasteiger partial charge in [-0.2, -0.15) is 0 Å². The largest absolute Gasteiger partial charge is 0.449 e. The topological polar surface area (TPSA) is 80.8 Å². The fourth-order valence-electron chi connectivity index (χ4n) is 3.91. The van der Waals surface area contributed by atoms with Crippen LogP contribution in [0.25, 0.3) is 10.8 Å². The molecule has 6 heteroatoms. The molecule has 0 unspecified atom stereocenters. The molecule has 0 aromatic heterocycles. The summed E-state index contributed by atoms with van der Waals surface area (Å²) in [5.41, 5.74) is 0.618. The van der Waals surface area contributed by atoms with Crippen LogP contribution in [0, 0.1) is 5.92 Å². The third-order valence-corrected chi connectivity index (χ3v) is 5.57. The highest BCUT2D eigenvalue weighted by molar-refractivity contribution is 6.34. The predicted molar refractivity (Wildman–Crippen MR) is 133 cm³/mol. The minimum atomic E-state index is -1.77. The molecule has 0 saturated carbocycles. The third-order valence-electron chi connectivity index (χ3n) is 5.57. The number of carbonyl (C=O) groups is 4. The van der Waals surface area contributed by atoms with E-state index in [1.807, 2.05) is 18.2 Å². The lowest BCUT2D eigenvalue weighted by molar-refractivity contribution is -0.119. The Kier molecular flexibility index (Phi) is 7.12. The van der Waals surface area contributed by atoms with Gasteiger partial charge in [0, 0.05) is 16.5 Å². The van der Waals surface area contributed by atoms with E-state index >= 15 is 0 Å². The number of fused-ring (bicyclic) bond motifs is 1. The van der Waals surface area contributed by atoms with Crippen molar-refractivity contribution in [2.75, 3.05) is 11.5 Å². The second-order valence-electron chi connectivity index (χ2n) is 7.76. The smallest absolute Gasteiger partial charge is 0.421 e. The maximum absolute atomic E-state index is 14.0. The van der Waals surface area contributed by atoms with Crippen LogP contribution in [0.5, 0.6) is 0 Å². The molecule has 35 heavy (non-hydrogen) atoms. The van der Waals surface area contributed by atoms with E-state index in [4.69, 9.17) is 4.74 Å². The molecule has 0 aliphatic heterocycles. The Labute approximate surface area is 202 Å². The maximum Gasteiger partial charge on any atom is 0.421 e. The number of anilines is 1. The maximum atomic E-state index is 14.0. The summed E-state index contributed by atoms with van der Waals surface area (Å²) in [5, 5.41) is 1.39. The van der Waals surface area contributed by atoms with Crippen molar-refractivity contribution in [2.45, 2.75) is 6.92 Å². The molecule has 2 amide bonds. The molecule has 0 aliphatic carbocycles. The van der Waals surface area contributed by atoms with Crippen LogP contribution in [0.4, 0.5) is 10.5 Å². The Bertz CT molecular complexity index is 1330. The van der Waals surface area contributed by atoms with Gasteiger partial charge in [0.15, 0.2) is 17.5 Å². The Morgan fingerprint density at radius 2 is 1.20 bits per heavy atom. The van der Waals surface area contributed by atoms with E-state index in [2.05, 4.69) is 0 Å². The number of ether oxygens (including phenoxy) is 1. The average molecular weight is 466 g/mol. The van der Waals surface area contributed by atoms with Crippen LogP contribution in [-0.4, -0.2) is 30.2 Å². The van der Waals surface area contributed by atoms with Crippen LogP contribution in [0.15, 0.2) is 103 Å². The van der Waals surface area contributed by atoms with Crippen molar-refractivity contribution in [3.05, 3.63) is 114 Å². The molecule has 4 aromatic rings. The first-order valence-electron chi connectivity index (χ1n) is 11.2. The molecular formula is C29H23NO5. The van der Waals surface area contributed by atoms with Gasteiger partial charge in [-0.05, 0) is 18.4 Å². The number of hydrogen-bond donors (Lipinski definition) is 0. The number of rotatable bonds is 7. The second kappa shape index (κ2) is 10.6. The molecule has 6 nitrogen and oxygen atoms in total. The molecule has 0 fully saturated rings. The molecule has 0 N–H and O–H groups in total. The predicted octanol–water partition coefficient (Wildman–Crippen LogP) is 5.71. The van der Waals surface area contributed by atoms with E-state index in [1.54, 1.807) is 67.6 Å². The van der Waals surface area contributed by atoms with Crippen molar-refractivity contribution >= 4 is 40.0 Å². The van der Waals surface area contributed by atoms with E-state index in [0.717, 1.165) is 10.3 Å². The van der Waals surface area contributed by atoms with Crippen LogP contribution >= 0.6 is 0 Å². The molecule has 0 saturated heterocycles. The molecule has 0 aliphatic rings. The van der Waals surface area contributed by atoms with Crippen molar-refractivity contribution in [1.82, 2.24) is 0 Å². The van der Waals surface area contributed by atoms with Crippen molar-refractivity contribution < 1.29 is 23.9 Å². The van der Waals surface area contributed by atoms with Crippen molar-refractivity contribution in [3.63, 3.8) is 0 Å². The number of Topliss-reactive ketones (excluding diaryl/α,β-unsaturated/α-hetero) is 2. The van der Waals surface area contributed by atoms with Crippen molar-refractivity contribution in [1.29, 1.82) is 0 Å². The first-order chi connectivity index (χ1) is 17.0. The Hall–Kier alpha value is -4.58. The minimum absolute atomic E-state index is 0.0112. The monoisotopic (exact) mass is 465 g/mol. The highest BCUT2D eigenvalue weighted by atomic mass is 16.6. The fraction of sp³-hybridized carbons (Fsp3) is 0.103. The van der Waals surface area contributed by atoms with Gasteiger partial charge in [-0.15, -0.1) is 0 Å². The third kappa shape index (κ3) is 4.87. The van der Waals surface area contributed by atoms with Gasteiger partial charge in [0.2, 0.25) is 0 Å². The van der Waals surface area contributed by atoms with Gasteiger partial charge >= 0.3 is 6.09 Å². The lowest BCUT2D eigenvalue weighted by Gasteiger charge is -2.25. The summed E-state index contributed by atoms with van der Waals surface area (Å²) in [6.07, 6.45) is -0.958. The van der Waals surface area contributed by atoms with Gasteiger partial charge < -0.3 is 4.74 Å². The highest BCUT2D eigenvalue weighted by Gasteiger charge is 2.41. The van der Waals surface area contributed by atoms with Gasteiger partial charge in [-0.25, -0.2) is 9.69 Å². The van der Waals surface area contributed by atoms with Crippen LogP contribution in [0.3, 0.4) is 0 Å². The number of imide groups is 1. The lowest BCUT2D eigenvalue weighted by atomic mass is 9.88. The highest BCUT2D eigenvalue weighted by Crippen LogP contribution is 2.30. The summed E-state index contributed by atoms with van der Waals surface area (Å²) < 4.78 is 5.19. The number of amides is 2. The molecule has 0 radical (unpaired) electrons. The lowest BCUT2D eigenvalue weighted by Crippen LogP contribution is -2.47. The fourth-order valence-corrected chi connectivity index (χ4v) is 3.91. The number of benzene rings is 4. The van der Waals surface area contributed by atoms with Crippen LogP contribution < -0.4 is 4.90 Å². The summed E-state index contributed by atoms with van der Waals surface area (Å²) >= 11 is 0. The number of carbonyl (C=O) groups excluding carboxylic acids is 4. The Morgan fingerprint density at radius 1 is 0.686 bits per heavy atom. The van der Waals surface area contributed by atoms with E-state index in [0.29, 0.717) is 5.39 Å². The first kappa shape index (κ1) is 23.6. The number of ketones is 2. The zero-order valence-corrected chi connectivity index (χ0v) is 19.1. The molecule has 4 rings (SSSR count). The zero-order valence-electron chi connectivity index (χ0n) is 19.1. The molecule has 0 atom stereocenters. The average Bonchev–Trinajstić information content (AvgIpc) is 2.90. The standard InChI is InChI=1S/C29H23NO5/c1-2-35-29(34)30(24-19-11-17-20-12-9-10-18-23(20)24)28(33)25(26(31)21-13-5-3-6-14-21)27(32)22-15-7-4-8-16-22/h3-19,25H,2H2,1H3. The van der Waals surface area contributed by atoms with Crippen LogP contribution in [0.2, 0.25) is 0 Å². The minimum Gasteiger partial charge on any atom is -0.449 e. The SMILES string of the molecule is CCOC(=O)N(C(=O)C(C(=O)c1ccccc1)C(=O)c1ccccc1)c1cccc2ccccc12. The molecule has 0 spiro atoms. The van der Waals surface area contributed by atoms with E-state index in [9.17, 15) is 19.2 Å². The Morgan fingerprint density at radius 3 is 1.77 bits per heavy atom. The molecule has 4 aromatic carbocycles. The van der Waals surface area contributed by atoms with Gasteiger partial charge in [0.25, 0.3) is 5.91 Å². The molecule has 174 valence electrons. The summed E-state index contributed by atoms with van der Waals surface area (Å²) in [6.45, 7) is 1.63. The number of nitrogens with zero attached hydrogens (tertiary/aromatic N) is 1. The van der Waals surface area contributed by atoms with Gasteiger partial charge in [-0.1, -0.05) is 97.1 Å². The molecule has 0 heterocycles. The normalized spacial score (nSPS) is 10.7. The second-order valence-corrected chi connectivity index (χ2v) is 7.76. The molecular weight excluding hydrogens is 442 g/mol. The van der Waals surface area contributed by atoms with Gasteiger partial charge in [-0.3, -0.25) is 14.4 Å². The van der Waals surface area contributed by atoms with Gasteiger partial charge in [0.1, 0.15) is 0 Å². The van der Waals surface area contributed by atoms with E-state index in [1.165, 1.54) is 24.3 Å². The van der Waals surface area contributed by atoms with Crippen molar-refractivity contribution in [2.24, 2.45) is 5.92 Å². The first-order valence-corrected chi connectivity index (χ1v) is 11.2. The Balaban J connectivity index is 1.88. The summed E-state index contributed by atoms with van der Waals surface area (Å²) in [7, 11) is 0. The zero-order chi connectivity index (χ0) is 24.8. The van der Waals surface area contributed by atoms with E-state index in [-0.39, 0.29) is 23.4 Å². The summed E-state index contributed by atoms with van der Waals surface area (Å²) in [5.74, 6) is -4.14. The van der Waals surface area contributed by atoms with E-state index < -0.39 is 29.5 Å². The number of hydrogen-bond acceptors (Lipinski definition) is 5. The van der Waals surface area contributed by atoms with Crippen LogP contribution in [-0.2, 0) is 9.53 Å². The quantitative estimate of drug-likeness (QED) is 0.258. The summed E-state index contributed by atoms with van der Waals surface area (Å²) in [4.78, 5) is 55.1. The van der Waals surface area contributed by atoms with Crippen LogP contribution in [0.1, 0.15) is 27.6 Å². The summed E-state index contributed by atoms with van der Waals surface area (Å²) in [6, 6.07) is 28.5. The molecule has 0 bridgehead atoms. The van der Waals surface area contributed by atoms with Gasteiger partial charge in [0.05, 0.1) is 12.3 Å².